The number of ether oxygens (including phenoxy) is 1. The van der Waals surface area contributed by atoms with Gasteiger partial charge in [-0.2, -0.15) is 0 Å². The fourth-order valence-electron chi connectivity index (χ4n) is 4.96. The van der Waals surface area contributed by atoms with E-state index in [4.69, 9.17) is 32.9 Å². The first-order chi connectivity index (χ1) is 18.0. The van der Waals surface area contributed by atoms with Crippen molar-refractivity contribution >= 4 is 35.1 Å². The molecule has 0 aliphatic carbocycles. The quantitative estimate of drug-likeness (QED) is 0.418. The van der Waals surface area contributed by atoms with E-state index in [-0.39, 0.29) is 18.1 Å². The van der Waals surface area contributed by atoms with Crippen LogP contribution in [0, 0.1) is 6.92 Å². The molecule has 0 aromatic heterocycles. The number of hydrogen-bond donors (Lipinski definition) is 1. The summed E-state index contributed by atoms with van der Waals surface area (Å²) in [4.78, 5) is 23.3. The number of aryl methyl sites for hydroxylation is 1. The average molecular weight is 537 g/mol. The molecule has 2 aliphatic rings. The number of halogens is 2. The van der Waals surface area contributed by atoms with Gasteiger partial charge in [-0.1, -0.05) is 59.1 Å². The summed E-state index contributed by atoms with van der Waals surface area (Å²) in [6.45, 7) is 7.28. The van der Waals surface area contributed by atoms with E-state index in [2.05, 4.69) is 5.32 Å². The second-order valence-corrected chi connectivity index (χ2v) is 10.1. The van der Waals surface area contributed by atoms with E-state index in [1.165, 1.54) is 0 Å². The topological polar surface area (TPSA) is 57.2 Å². The monoisotopic (exact) mass is 536 g/mol. The maximum absolute atomic E-state index is 14.3. The van der Waals surface area contributed by atoms with Crippen LogP contribution in [-0.4, -0.2) is 54.5 Å². The number of nitrogens with zero attached hydrogens (tertiary/aromatic N) is 3. The van der Waals surface area contributed by atoms with Crippen LogP contribution >= 0.6 is 23.2 Å². The predicted molar refractivity (Wildman–Crippen MR) is 149 cm³/mol. The molecule has 3 aromatic carbocycles. The fourth-order valence-corrected chi connectivity index (χ4v) is 5.21. The molecule has 1 N–H and O–H groups in total. The standard InChI is InChI=1S/C29H30Cl2N4O2/c1-3-37-25-13-4-19(2)18-24(25)28-33-26(20-5-9-22(30)10-6-20)27(21-7-11-23(31)12-8-21)35(28)29(36)34-16-14-32-15-17-34/h4-13,18,26-27,32H,3,14-17H2,1-2H3. The van der Waals surface area contributed by atoms with Crippen LogP contribution in [0.1, 0.15) is 41.3 Å². The van der Waals surface area contributed by atoms with Crippen molar-refractivity contribution in [2.24, 2.45) is 4.99 Å². The first-order valence-corrected chi connectivity index (χ1v) is 13.3. The lowest BCUT2D eigenvalue weighted by atomic mass is 9.93. The molecule has 37 heavy (non-hydrogen) atoms. The van der Waals surface area contributed by atoms with Crippen LogP contribution in [0.5, 0.6) is 5.75 Å². The summed E-state index contributed by atoms with van der Waals surface area (Å²) in [6.07, 6.45) is 0. The lowest BCUT2D eigenvalue weighted by molar-refractivity contribution is 0.157. The van der Waals surface area contributed by atoms with E-state index in [1.54, 1.807) is 0 Å². The predicted octanol–water partition coefficient (Wildman–Crippen LogP) is 6.27. The number of rotatable bonds is 5. The van der Waals surface area contributed by atoms with Gasteiger partial charge in [-0.25, -0.2) is 4.79 Å². The van der Waals surface area contributed by atoms with E-state index in [9.17, 15) is 4.79 Å². The van der Waals surface area contributed by atoms with E-state index in [1.807, 2.05) is 90.4 Å². The number of hydrogen-bond acceptors (Lipinski definition) is 4. The van der Waals surface area contributed by atoms with Crippen LogP contribution in [0.2, 0.25) is 10.0 Å². The van der Waals surface area contributed by atoms with Gasteiger partial charge in [-0.05, 0) is 61.4 Å². The molecule has 2 unspecified atom stereocenters. The van der Waals surface area contributed by atoms with Crippen LogP contribution in [0.3, 0.4) is 0 Å². The van der Waals surface area contributed by atoms with Crippen molar-refractivity contribution in [1.29, 1.82) is 0 Å². The maximum atomic E-state index is 14.3. The molecular formula is C29H30Cl2N4O2. The zero-order chi connectivity index (χ0) is 25.9. The molecule has 3 aromatic rings. The van der Waals surface area contributed by atoms with Gasteiger partial charge in [0.25, 0.3) is 0 Å². The van der Waals surface area contributed by atoms with Gasteiger partial charge >= 0.3 is 6.03 Å². The Hall–Kier alpha value is -3.06. The minimum atomic E-state index is -0.370. The van der Waals surface area contributed by atoms with Gasteiger partial charge in [0.2, 0.25) is 0 Å². The van der Waals surface area contributed by atoms with Gasteiger partial charge in [-0.3, -0.25) is 9.89 Å². The number of amidine groups is 1. The second kappa shape index (κ2) is 11.1. The lowest BCUT2D eigenvalue weighted by Gasteiger charge is -2.36. The first kappa shape index (κ1) is 25.6. The number of nitrogens with one attached hydrogen (secondary N) is 1. The highest BCUT2D eigenvalue weighted by Crippen LogP contribution is 2.45. The Labute approximate surface area is 227 Å². The third-order valence-corrected chi connectivity index (χ3v) is 7.26. The maximum Gasteiger partial charge on any atom is 0.326 e. The Kier molecular flexibility index (Phi) is 7.70. The van der Waals surface area contributed by atoms with Crippen molar-refractivity contribution in [2.75, 3.05) is 32.8 Å². The highest BCUT2D eigenvalue weighted by Gasteiger charge is 2.44. The van der Waals surface area contributed by atoms with Crippen LogP contribution in [0.25, 0.3) is 0 Å². The number of urea groups is 1. The number of amides is 2. The third-order valence-electron chi connectivity index (χ3n) is 6.76. The molecule has 6 nitrogen and oxygen atoms in total. The number of benzene rings is 3. The van der Waals surface area contributed by atoms with Gasteiger partial charge in [-0.15, -0.1) is 0 Å². The molecule has 2 heterocycles. The average Bonchev–Trinajstić information content (AvgIpc) is 3.31. The molecule has 2 aliphatic heterocycles. The number of piperazine rings is 1. The van der Waals surface area contributed by atoms with Crippen molar-refractivity contribution in [1.82, 2.24) is 15.1 Å². The van der Waals surface area contributed by atoms with Crippen molar-refractivity contribution in [3.8, 4) is 5.75 Å². The number of carbonyl (C=O) groups is 1. The first-order valence-electron chi connectivity index (χ1n) is 12.6. The lowest BCUT2D eigenvalue weighted by Crippen LogP contribution is -2.53. The van der Waals surface area contributed by atoms with Gasteiger partial charge in [0.05, 0.1) is 18.2 Å². The summed E-state index contributed by atoms with van der Waals surface area (Å²) in [5, 5.41) is 4.63. The molecule has 0 radical (unpaired) electrons. The number of aliphatic imine (C=N–C) groups is 1. The highest BCUT2D eigenvalue weighted by atomic mass is 35.5. The Bertz CT molecular complexity index is 1290. The van der Waals surface area contributed by atoms with E-state index < -0.39 is 0 Å². The molecule has 2 amide bonds. The number of carbonyl (C=O) groups excluding carboxylic acids is 1. The summed E-state index contributed by atoms with van der Waals surface area (Å²) < 4.78 is 6.01. The Balaban J connectivity index is 1.70. The van der Waals surface area contributed by atoms with E-state index in [0.29, 0.717) is 41.3 Å². The molecule has 192 valence electrons. The van der Waals surface area contributed by atoms with Gasteiger partial charge in [0.15, 0.2) is 0 Å². The molecule has 0 bridgehead atoms. The highest BCUT2D eigenvalue weighted by molar-refractivity contribution is 6.30. The zero-order valence-electron chi connectivity index (χ0n) is 21.0. The SMILES string of the molecule is CCOc1ccc(C)cc1C1=NC(c2ccc(Cl)cc2)C(c2ccc(Cl)cc2)N1C(=O)N1CCNCC1. The smallest absolute Gasteiger partial charge is 0.326 e. The van der Waals surface area contributed by atoms with Crippen LogP contribution < -0.4 is 10.1 Å². The Morgan fingerprint density at radius 2 is 1.59 bits per heavy atom. The van der Waals surface area contributed by atoms with Gasteiger partial charge < -0.3 is 15.0 Å². The largest absolute Gasteiger partial charge is 0.493 e. The van der Waals surface area contributed by atoms with Gasteiger partial charge in [0, 0.05) is 36.2 Å². The van der Waals surface area contributed by atoms with Crippen molar-refractivity contribution in [2.45, 2.75) is 25.9 Å². The minimum Gasteiger partial charge on any atom is -0.493 e. The summed E-state index contributed by atoms with van der Waals surface area (Å²) in [6, 6.07) is 20.6. The van der Waals surface area contributed by atoms with Crippen LogP contribution in [0.15, 0.2) is 71.7 Å². The van der Waals surface area contributed by atoms with Crippen LogP contribution in [-0.2, 0) is 0 Å². The molecule has 2 atom stereocenters. The zero-order valence-corrected chi connectivity index (χ0v) is 22.5. The Morgan fingerprint density at radius 1 is 0.973 bits per heavy atom. The summed E-state index contributed by atoms with van der Waals surface area (Å²) in [7, 11) is 0. The van der Waals surface area contributed by atoms with E-state index in [0.717, 1.165) is 35.3 Å². The fraction of sp³-hybridized carbons (Fsp3) is 0.310. The van der Waals surface area contributed by atoms with Gasteiger partial charge in [0.1, 0.15) is 17.6 Å². The third kappa shape index (κ3) is 5.33. The second-order valence-electron chi connectivity index (χ2n) is 9.27. The normalized spacial score (nSPS) is 19.6. The van der Waals surface area contributed by atoms with Crippen molar-refractivity contribution in [3.05, 3.63) is 99.0 Å². The summed E-state index contributed by atoms with van der Waals surface area (Å²) in [5.41, 5.74) is 3.80. The van der Waals surface area contributed by atoms with E-state index >= 15 is 0 Å². The minimum absolute atomic E-state index is 0.0689. The summed E-state index contributed by atoms with van der Waals surface area (Å²) >= 11 is 12.5. The molecule has 1 fully saturated rings. The molecule has 1 saturated heterocycles. The Morgan fingerprint density at radius 3 is 2.22 bits per heavy atom. The summed E-state index contributed by atoms with van der Waals surface area (Å²) in [5.74, 6) is 1.31. The molecule has 0 saturated carbocycles. The molecule has 8 heteroatoms. The molecular weight excluding hydrogens is 507 g/mol. The van der Waals surface area contributed by atoms with Crippen molar-refractivity contribution < 1.29 is 9.53 Å². The molecule has 5 rings (SSSR count). The van der Waals surface area contributed by atoms with Crippen molar-refractivity contribution in [3.63, 3.8) is 0 Å². The van der Waals surface area contributed by atoms with Crippen LogP contribution in [0.4, 0.5) is 4.79 Å². The molecule has 0 spiro atoms.